The van der Waals surface area contributed by atoms with E-state index in [9.17, 15) is 9.90 Å². The van der Waals surface area contributed by atoms with Gasteiger partial charge in [0.05, 0.1) is 19.7 Å². The van der Waals surface area contributed by atoms with Crippen molar-refractivity contribution in [1.82, 2.24) is 0 Å². The van der Waals surface area contributed by atoms with Gasteiger partial charge in [0.1, 0.15) is 5.75 Å². The molecule has 0 heterocycles. The van der Waals surface area contributed by atoms with Crippen molar-refractivity contribution in [3.8, 4) is 5.75 Å². The van der Waals surface area contributed by atoms with Gasteiger partial charge in [-0.05, 0) is 76.7 Å². The lowest BCUT2D eigenvalue weighted by molar-refractivity contribution is -0.152. The van der Waals surface area contributed by atoms with E-state index < -0.39 is 11.5 Å². The molecule has 18 heavy (non-hydrogen) atoms. The number of ether oxygens (including phenoxy) is 1. The molecule has 1 rings (SSSR count). The van der Waals surface area contributed by atoms with Crippen molar-refractivity contribution in [3.05, 3.63) is 24.8 Å². The summed E-state index contributed by atoms with van der Waals surface area (Å²) in [6, 6.07) is 3.08. The van der Waals surface area contributed by atoms with Crippen LogP contribution < -0.4 is 5.73 Å². The number of carbonyl (C=O) groups excluding carboxylic acids is 1. The van der Waals surface area contributed by atoms with E-state index in [0.717, 1.165) is 5.56 Å². The smallest absolute Gasteiger partial charge is 0.313 e. The molecule has 1 aromatic rings. The van der Waals surface area contributed by atoms with Crippen LogP contribution in [0.15, 0.2) is 12.1 Å². The zero-order valence-corrected chi connectivity index (χ0v) is 14.6. The Labute approximate surface area is 134 Å². The summed E-state index contributed by atoms with van der Waals surface area (Å²) >= 11 is 4.07. The molecule has 0 aromatic heterocycles. The Bertz CT molecular complexity index is 451. The Morgan fingerprint density at radius 1 is 1.39 bits per heavy atom. The molecule has 1 atom stereocenters. The summed E-state index contributed by atoms with van der Waals surface area (Å²) in [6.45, 7) is 3.49. The van der Waals surface area contributed by atoms with Crippen LogP contribution in [0.2, 0.25) is 0 Å². The lowest BCUT2D eigenvalue weighted by Crippen LogP contribution is -2.37. The van der Waals surface area contributed by atoms with Gasteiger partial charge in [-0.1, -0.05) is 0 Å². The molecule has 6 heteroatoms. The third-order valence-electron chi connectivity index (χ3n) is 2.89. The highest BCUT2D eigenvalue weighted by molar-refractivity contribution is 14.1. The number of carbonyl (C=O) groups is 1. The van der Waals surface area contributed by atoms with Crippen LogP contribution in [0.3, 0.4) is 0 Å². The molecule has 0 fully saturated rings. The summed E-state index contributed by atoms with van der Waals surface area (Å²) in [7, 11) is 1.35. The molecule has 0 aliphatic heterocycles. The molecule has 0 spiro atoms. The lowest BCUT2D eigenvalue weighted by Gasteiger charge is -2.29. The topological polar surface area (TPSA) is 72.5 Å². The van der Waals surface area contributed by atoms with Gasteiger partial charge >= 0.3 is 5.97 Å². The van der Waals surface area contributed by atoms with Crippen LogP contribution >= 0.6 is 45.2 Å². The van der Waals surface area contributed by atoms with Gasteiger partial charge in [0.2, 0.25) is 0 Å². The fourth-order valence-corrected chi connectivity index (χ4v) is 3.39. The third kappa shape index (κ3) is 3.08. The zero-order valence-electron chi connectivity index (χ0n) is 10.3. The number of rotatable bonds is 3. The molecule has 0 unspecified atom stereocenters. The fourth-order valence-electron chi connectivity index (χ4n) is 1.57. The highest BCUT2D eigenvalue weighted by Gasteiger charge is 2.37. The first-order valence-electron chi connectivity index (χ1n) is 5.23. The normalized spacial score (nSPS) is 13.2. The van der Waals surface area contributed by atoms with Crippen molar-refractivity contribution >= 4 is 51.2 Å². The van der Waals surface area contributed by atoms with Crippen molar-refractivity contribution in [3.63, 3.8) is 0 Å². The van der Waals surface area contributed by atoms with E-state index in [4.69, 9.17) is 10.5 Å². The molecule has 0 aliphatic rings. The van der Waals surface area contributed by atoms with Crippen molar-refractivity contribution in [1.29, 1.82) is 0 Å². The average molecular weight is 475 g/mol. The Balaban J connectivity index is 3.19. The van der Waals surface area contributed by atoms with Crippen LogP contribution in [0.25, 0.3) is 0 Å². The molecule has 0 aliphatic carbocycles. The van der Waals surface area contributed by atoms with Crippen molar-refractivity contribution in [2.45, 2.75) is 19.9 Å². The summed E-state index contributed by atoms with van der Waals surface area (Å²) in [6.07, 6.45) is 0. The Hall–Kier alpha value is -0.0900. The lowest BCUT2D eigenvalue weighted by atomic mass is 9.81. The molecule has 0 bridgehead atoms. The molecule has 3 N–H and O–H groups in total. The molecule has 0 radical (unpaired) electrons. The summed E-state index contributed by atoms with van der Waals surface area (Å²) in [5, 5.41) is 9.72. The Morgan fingerprint density at radius 3 is 2.22 bits per heavy atom. The van der Waals surface area contributed by atoms with Crippen molar-refractivity contribution in [2.75, 3.05) is 7.11 Å². The van der Waals surface area contributed by atoms with E-state index in [1.54, 1.807) is 26.0 Å². The average Bonchev–Trinajstić information content (AvgIpc) is 2.33. The highest BCUT2D eigenvalue weighted by Crippen LogP contribution is 2.36. The van der Waals surface area contributed by atoms with Crippen molar-refractivity contribution in [2.24, 2.45) is 11.1 Å². The first kappa shape index (κ1) is 16.0. The fraction of sp³-hybridized carbons (Fsp3) is 0.417. The second-order valence-corrected chi connectivity index (χ2v) is 6.85. The zero-order chi connectivity index (χ0) is 14.1. The first-order valence-corrected chi connectivity index (χ1v) is 7.39. The molecule has 4 nitrogen and oxygen atoms in total. The minimum atomic E-state index is -0.822. The number of phenols is 1. The number of methoxy groups -OCH3 is 1. The number of hydrogen-bond acceptors (Lipinski definition) is 4. The molecular weight excluding hydrogens is 460 g/mol. The second-order valence-electron chi connectivity index (χ2n) is 4.52. The Morgan fingerprint density at radius 2 is 1.83 bits per heavy atom. The van der Waals surface area contributed by atoms with Gasteiger partial charge in [0.25, 0.3) is 0 Å². The number of phenolic OH excluding ortho intramolecular Hbond substituents is 1. The van der Waals surface area contributed by atoms with Crippen LogP contribution in [0.4, 0.5) is 0 Å². The number of nitrogens with two attached hydrogens (primary N) is 1. The maximum Gasteiger partial charge on any atom is 0.313 e. The first-order chi connectivity index (χ1) is 8.21. The maximum atomic E-state index is 11.7. The van der Waals surface area contributed by atoms with Crippen LogP contribution in [-0.2, 0) is 9.53 Å². The molecular formula is C12H15I2NO3. The monoisotopic (exact) mass is 475 g/mol. The minimum absolute atomic E-state index is 0.239. The number of benzene rings is 1. The van der Waals surface area contributed by atoms with E-state index in [-0.39, 0.29) is 11.7 Å². The summed E-state index contributed by atoms with van der Waals surface area (Å²) in [5.74, 6) is -0.115. The largest absolute Gasteiger partial charge is 0.506 e. The number of halogens is 2. The summed E-state index contributed by atoms with van der Waals surface area (Å²) in [4.78, 5) is 11.7. The second kappa shape index (κ2) is 5.91. The molecule has 0 saturated carbocycles. The van der Waals surface area contributed by atoms with E-state index in [0.29, 0.717) is 7.14 Å². The predicted molar refractivity (Wildman–Crippen MR) is 86.3 cm³/mol. The summed E-state index contributed by atoms with van der Waals surface area (Å²) in [5.41, 5.74) is 6.13. The number of hydrogen-bond donors (Lipinski definition) is 2. The predicted octanol–water partition coefficient (Wildman–Crippen LogP) is 2.80. The van der Waals surface area contributed by atoms with E-state index in [1.807, 2.05) is 45.2 Å². The maximum absolute atomic E-state index is 11.7. The molecule has 100 valence electrons. The summed E-state index contributed by atoms with van der Waals surface area (Å²) < 4.78 is 6.20. The van der Waals surface area contributed by atoms with E-state index in [1.165, 1.54) is 7.11 Å². The van der Waals surface area contributed by atoms with Gasteiger partial charge in [0, 0.05) is 6.04 Å². The molecule has 0 amide bonds. The number of esters is 1. The van der Waals surface area contributed by atoms with Gasteiger partial charge in [-0.2, -0.15) is 0 Å². The Kier molecular flexibility index (Phi) is 5.24. The standard InChI is InChI=1S/C12H15I2NO3/c1-12(2,11(17)18-3)10(15)6-4-7(13)9(16)8(14)5-6/h4-5,10,16H,15H2,1-3H3/t10-/m1/s1. The van der Waals surface area contributed by atoms with Gasteiger partial charge < -0.3 is 15.6 Å². The molecule has 0 saturated heterocycles. The van der Waals surface area contributed by atoms with E-state index >= 15 is 0 Å². The van der Waals surface area contributed by atoms with Crippen molar-refractivity contribution < 1.29 is 14.6 Å². The quantitative estimate of drug-likeness (QED) is 0.522. The van der Waals surface area contributed by atoms with Gasteiger partial charge in [0.15, 0.2) is 0 Å². The highest BCUT2D eigenvalue weighted by atomic mass is 127. The number of aromatic hydroxyl groups is 1. The van der Waals surface area contributed by atoms with Gasteiger partial charge in [-0.25, -0.2) is 0 Å². The van der Waals surface area contributed by atoms with Gasteiger partial charge in [-0.15, -0.1) is 0 Å². The van der Waals surface area contributed by atoms with Crippen LogP contribution in [0.1, 0.15) is 25.5 Å². The molecule has 1 aromatic carbocycles. The third-order valence-corrected chi connectivity index (χ3v) is 4.53. The van der Waals surface area contributed by atoms with Crippen LogP contribution in [-0.4, -0.2) is 18.2 Å². The SMILES string of the molecule is COC(=O)C(C)(C)[C@H](N)c1cc(I)c(O)c(I)c1. The van der Waals surface area contributed by atoms with E-state index in [2.05, 4.69) is 0 Å². The van der Waals surface area contributed by atoms with Crippen LogP contribution in [0, 0.1) is 12.6 Å². The van der Waals surface area contributed by atoms with Gasteiger partial charge in [-0.3, -0.25) is 4.79 Å². The minimum Gasteiger partial charge on any atom is -0.506 e. The van der Waals surface area contributed by atoms with Crippen LogP contribution in [0.5, 0.6) is 5.75 Å².